The van der Waals surface area contributed by atoms with Crippen LogP contribution in [-0.2, 0) is 10.0 Å². The van der Waals surface area contributed by atoms with E-state index in [0.717, 1.165) is 61.3 Å². The van der Waals surface area contributed by atoms with Crippen molar-refractivity contribution in [3.05, 3.63) is 102 Å². The lowest BCUT2D eigenvalue weighted by molar-refractivity contribution is 0.271. The van der Waals surface area contributed by atoms with Gasteiger partial charge in [-0.15, -0.1) is 0 Å². The minimum absolute atomic E-state index is 0.107. The molecule has 0 amide bonds. The van der Waals surface area contributed by atoms with Gasteiger partial charge < -0.3 is 9.80 Å². The highest BCUT2D eigenvalue weighted by atomic mass is 35.5. The fourth-order valence-electron chi connectivity index (χ4n) is 5.27. The normalized spacial score (nSPS) is 14.6. The van der Waals surface area contributed by atoms with Gasteiger partial charge in [0.1, 0.15) is 5.82 Å². The Bertz CT molecular complexity index is 1810. The molecular formula is C31H28ClFN4O2S. The zero-order chi connectivity index (χ0) is 27.9. The van der Waals surface area contributed by atoms with Crippen molar-refractivity contribution >= 4 is 60.4 Å². The number of pyridine rings is 1. The lowest BCUT2D eigenvalue weighted by Gasteiger charge is -2.35. The molecule has 9 heteroatoms. The number of fused-ring (bicyclic) bond motifs is 2. The standard InChI is InChI=1S/C31H28ClFN4O2S/c1-2-35-15-17-36(18-16-35)24-7-9-25(10-8-24)37(40(38,39)26-11-12-29(33)28(32)21-26)31-13-14-34-30-20-23-6-4-3-5-22(23)19-27(30)31/h3-14,19-21H,2,15-18H2,1H3. The van der Waals surface area contributed by atoms with Gasteiger partial charge in [-0.2, -0.15) is 0 Å². The molecule has 40 heavy (non-hydrogen) atoms. The van der Waals surface area contributed by atoms with E-state index in [9.17, 15) is 12.8 Å². The van der Waals surface area contributed by atoms with E-state index < -0.39 is 15.8 Å². The van der Waals surface area contributed by atoms with Gasteiger partial charge in [0.05, 0.1) is 26.8 Å². The highest BCUT2D eigenvalue weighted by Gasteiger charge is 2.29. The number of halogens is 2. The first kappa shape index (κ1) is 26.5. The number of benzene rings is 4. The van der Waals surface area contributed by atoms with Gasteiger partial charge in [-0.25, -0.2) is 17.1 Å². The maximum absolute atomic E-state index is 14.3. The Labute approximate surface area is 238 Å². The van der Waals surface area contributed by atoms with Crippen molar-refractivity contribution in [2.24, 2.45) is 0 Å². The molecule has 1 saturated heterocycles. The molecule has 0 bridgehead atoms. The summed E-state index contributed by atoms with van der Waals surface area (Å²) >= 11 is 6.03. The minimum atomic E-state index is -4.21. The Morgan fingerprint density at radius 3 is 2.27 bits per heavy atom. The summed E-state index contributed by atoms with van der Waals surface area (Å²) in [4.78, 5) is 9.14. The summed E-state index contributed by atoms with van der Waals surface area (Å²) in [5, 5.41) is 2.39. The van der Waals surface area contributed by atoms with Crippen molar-refractivity contribution in [2.75, 3.05) is 41.9 Å². The van der Waals surface area contributed by atoms with Gasteiger partial charge in [0.2, 0.25) is 0 Å². The Hall–Kier alpha value is -3.72. The maximum atomic E-state index is 14.3. The van der Waals surface area contributed by atoms with Gasteiger partial charge in [-0.1, -0.05) is 42.8 Å². The Kier molecular flexibility index (Phi) is 7.08. The average molecular weight is 575 g/mol. The molecule has 0 N–H and O–H groups in total. The van der Waals surface area contributed by atoms with E-state index >= 15 is 0 Å². The minimum Gasteiger partial charge on any atom is -0.369 e. The molecule has 2 heterocycles. The second-order valence-electron chi connectivity index (χ2n) is 9.83. The third kappa shape index (κ3) is 4.87. The predicted molar refractivity (Wildman–Crippen MR) is 161 cm³/mol. The molecule has 0 saturated carbocycles. The van der Waals surface area contributed by atoms with Crippen molar-refractivity contribution in [3.63, 3.8) is 0 Å². The Morgan fingerprint density at radius 1 is 0.900 bits per heavy atom. The third-order valence-electron chi connectivity index (χ3n) is 7.50. The van der Waals surface area contributed by atoms with Gasteiger partial charge >= 0.3 is 0 Å². The van der Waals surface area contributed by atoms with Crippen LogP contribution in [0.2, 0.25) is 5.02 Å². The molecule has 0 aliphatic carbocycles. The molecule has 0 unspecified atom stereocenters. The van der Waals surface area contributed by atoms with Crippen LogP contribution >= 0.6 is 11.6 Å². The Morgan fingerprint density at radius 2 is 1.60 bits per heavy atom. The van der Waals surface area contributed by atoms with Crippen LogP contribution in [0, 0.1) is 5.82 Å². The van der Waals surface area contributed by atoms with Crippen LogP contribution in [0.15, 0.2) is 96.0 Å². The first-order valence-electron chi connectivity index (χ1n) is 13.2. The maximum Gasteiger partial charge on any atom is 0.268 e. The highest BCUT2D eigenvalue weighted by molar-refractivity contribution is 7.93. The predicted octanol–water partition coefficient (Wildman–Crippen LogP) is 6.85. The van der Waals surface area contributed by atoms with Crippen LogP contribution in [-0.4, -0.2) is 51.0 Å². The fourth-order valence-corrected chi connectivity index (χ4v) is 7.05. The lowest BCUT2D eigenvalue weighted by atomic mass is 10.1. The van der Waals surface area contributed by atoms with E-state index in [4.69, 9.17) is 11.6 Å². The molecular weight excluding hydrogens is 547 g/mol. The average Bonchev–Trinajstić information content (AvgIpc) is 2.98. The summed E-state index contributed by atoms with van der Waals surface area (Å²) in [7, 11) is -4.21. The first-order chi connectivity index (χ1) is 19.3. The van der Waals surface area contributed by atoms with Gasteiger partial charge in [-0.05, 0) is 78.0 Å². The Balaban J connectivity index is 1.50. The zero-order valence-electron chi connectivity index (χ0n) is 22.0. The summed E-state index contributed by atoms with van der Waals surface area (Å²) in [6.07, 6.45) is 1.61. The van der Waals surface area contributed by atoms with Crippen LogP contribution < -0.4 is 9.21 Å². The topological polar surface area (TPSA) is 56.8 Å². The number of aromatic nitrogens is 1. The molecule has 6 rings (SSSR count). The van der Waals surface area contributed by atoms with Crippen molar-refractivity contribution in [1.82, 2.24) is 9.88 Å². The summed E-state index contributed by atoms with van der Waals surface area (Å²) in [6, 6.07) is 24.5. The number of sulfonamides is 1. The van der Waals surface area contributed by atoms with E-state index in [0.29, 0.717) is 22.3 Å². The van der Waals surface area contributed by atoms with E-state index in [-0.39, 0.29) is 9.92 Å². The molecule has 5 aromatic rings. The molecule has 204 valence electrons. The van der Waals surface area contributed by atoms with Crippen LogP contribution in [0.5, 0.6) is 0 Å². The number of hydrogen-bond donors (Lipinski definition) is 0. The SMILES string of the molecule is CCN1CCN(c2ccc(N(c3ccnc4cc5ccccc5cc34)S(=O)(=O)c3ccc(F)c(Cl)c3)cc2)CC1. The monoisotopic (exact) mass is 574 g/mol. The molecule has 6 nitrogen and oxygen atoms in total. The van der Waals surface area contributed by atoms with Crippen molar-refractivity contribution in [2.45, 2.75) is 11.8 Å². The lowest BCUT2D eigenvalue weighted by Crippen LogP contribution is -2.46. The molecule has 1 aliphatic rings. The van der Waals surface area contributed by atoms with Crippen LogP contribution in [0.3, 0.4) is 0 Å². The van der Waals surface area contributed by atoms with Gasteiger partial charge in [-0.3, -0.25) is 4.98 Å². The van der Waals surface area contributed by atoms with Gasteiger partial charge in [0.25, 0.3) is 10.0 Å². The summed E-state index contributed by atoms with van der Waals surface area (Å²) in [6.45, 7) is 6.99. The number of anilines is 3. The molecule has 4 aromatic carbocycles. The molecule has 1 aromatic heterocycles. The summed E-state index contributed by atoms with van der Waals surface area (Å²) in [5.41, 5.74) is 2.60. The third-order valence-corrected chi connectivity index (χ3v) is 9.53. The second-order valence-corrected chi connectivity index (χ2v) is 12.0. The van der Waals surface area contributed by atoms with E-state index in [1.807, 2.05) is 60.7 Å². The van der Waals surface area contributed by atoms with Crippen LogP contribution in [0.1, 0.15) is 6.92 Å². The van der Waals surface area contributed by atoms with Crippen molar-refractivity contribution < 1.29 is 12.8 Å². The molecule has 1 aliphatic heterocycles. The smallest absolute Gasteiger partial charge is 0.268 e. The van der Waals surface area contributed by atoms with Crippen molar-refractivity contribution in [3.8, 4) is 0 Å². The number of hydrogen-bond acceptors (Lipinski definition) is 5. The summed E-state index contributed by atoms with van der Waals surface area (Å²) < 4.78 is 43.8. The first-order valence-corrected chi connectivity index (χ1v) is 15.0. The van der Waals surface area contributed by atoms with Crippen LogP contribution in [0.25, 0.3) is 21.7 Å². The molecule has 1 fully saturated rings. The number of piperazine rings is 1. The van der Waals surface area contributed by atoms with E-state index in [1.165, 1.54) is 10.4 Å². The molecule has 0 atom stereocenters. The van der Waals surface area contributed by atoms with Crippen molar-refractivity contribution in [1.29, 1.82) is 0 Å². The van der Waals surface area contributed by atoms with Gasteiger partial charge in [0.15, 0.2) is 0 Å². The fraction of sp³-hybridized carbons (Fsp3) is 0.194. The molecule has 0 spiro atoms. The largest absolute Gasteiger partial charge is 0.369 e. The second kappa shape index (κ2) is 10.7. The van der Waals surface area contributed by atoms with E-state index in [2.05, 4.69) is 21.7 Å². The quantitative estimate of drug-likeness (QED) is 0.208. The zero-order valence-corrected chi connectivity index (χ0v) is 23.5. The highest BCUT2D eigenvalue weighted by Crippen LogP contribution is 2.39. The molecule has 0 radical (unpaired) electrons. The number of likely N-dealkylation sites (N-methyl/N-ethyl adjacent to an activating group) is 1. The number of rotatable bonds is 6. The van der Waals surface area contributed by atoms with Crippen LogP contribution in [0.4, 0.5) is 21.5 Å². The van der Waals surface area contributed by atoms with Gasteiger partial charge in [0, 0.05) is 43.4 Å². The number of nitrogens with zero attached hydrogens (tertiary/aromatic N) is 4. The summed E-state index contributed by atoms with van der Waals surface area (Å²) in [5.74, 6) is -0.680. The van der Waals surface area contributed by atoms with E-state index in [1.54, 1.807) is 12.3 Å².